The Balaban J connectivity index is 1.72. The lowest BCUT2D eigenvalue weighted by Gasteiger charge is -2.16. The molecule has 1 aromatic carbocycles. The molecule has 6 nitrogen and oxygen atoms in total. The van der Waals surface area contributed by atoms with Gasteiger partial charge >= 0.3 is 6.03 Å². The zero-order valence-electron chi connectivity index (χ0n) is 14.5. The topological polar surface area (TPSA) is 79.2 Å². The molecule has 0 aliphatic heterocycles. The zero-order valence-corrected chi connectivity index (χ0v) is 14.5. The molecule has 0 aliphatic rings. The van der Waals surface area contributed by atoms with Crippen LogP contribution in [0.3, 0.4) is 0 Å². The molecule has 0 aliphatic carbocycles. The minimum Gasteiger partial charge on any atom is -0.387 e. The Morgan fingerprint density at radius 1 is 1.21 bits per heavy atom. The molecule has 6 heteroatoms. The van der Waals surface area contributed by atoms with Crippen molar-refractivity contribution in [2.45, 2.75) is 33.4 Å². The fourth-order valence-electron chi connectivity index (χ4n) is 2.63. The number of benzene rings is 1. The maximum atomic E-state index is 11.9. The fraction of sp³-hybridized carbons (Fsp3) is 0.444. The van der Waals surface area contributed by atoms with Crippen LogP contribution in [0.25, 0.3) is 0 Å². The summed E-state index contributed by atoms with van der Waals surface area (Å²) < 4.78 is 1.84. The molecule has 0 bridgehead atoms. The van der Waals surface area contributed by atoms with Gasteiger partial charge in [0.1, 0.15) is 0 Å². The van der Waals surface area contributed by atoms with Crippen molar-refractivity contribution in [3.63, 3.8) is 0 Å². The average Bonchev–Trinajstić information content (AvgIpc) is 3.02. The van der Waals surface area contributed by atoms with Crippen LogP contribution in [0.4, 0.5) is 4.79 Å². The quantitative estimate of drug-likeness (QED) is 0.728. The summed E-state index contributed by atoms with van der Waals surface area (Å²) >= 11 is 0. The van der Waals surface area contributed by atoms with Crippen LogP contribution in [0.1, 0.15) is 29.7 Å². The van der Waals surface area contributed by atoms with E-state index in [1.807, 2.05) is 49.8 Å². The molecule has 2 unspecified atom stereocenters. The maximum Gasteiger partial charge on any atom is 0.314 e. The van der Waals surface area contributed by atoms with Gasteiger partial charge in [0, 0.05) is 32.0 Å². The standard InChI is InChI=1S/C18H26N4O2/c1-13-7-14(2)9-16(8-13)17(23)11-20-18(24)19-10-15(3)12-22-6-4-5-21-22/h4-9,15,17,23H,10-12H2,1-3H3,(H2,19,20,24). The van der Waals surface area contributed by atoms with Crippen LogP contribution in [-0.2, 0) is 6.54 Å². The van der Waals surface area contributed by atoms with Crippen molar-refractivity contribution in [3.05, 3.63) is 53.3 Å². The van der Waals surface area contributed by atoms with E-state index in [-0.39, 0.29) is 18.5 Å². The molecular formula is C18H26N4O2. The monoisotopic (exact) mass is 330 g/mol. The summed E-state index contributed by atoms with van der Waals surface area (Å²) in [6, 6.07) is 7.52. The van der Waals surface area contributed by atoms with Crippen molar-refractivity contribution in [2.24, 2.45) is 5.92 Å². The third kappa shape index (κ3) is 5.70. The van der Waals surface area contributed by atoms with Gasteiger partial charge in [-0.2, -0.15) is 5.10 Å². The first-order valence-corrected chi connectivity index (χ1v) is 8.19. The van der Waals surface area contributed by atoms with Crippen molar-refractivity contribution in [3.8, 4) is 0 Å². The molecule has 1 aromatic heterocycles. The van der Waals surface area contributed by atoms with Crippen molar-refractivity contribution < 1.29 is 9.90 Å². The van der Waals surface area contributed by atoms with E-state index >= 15 is 0 Å². The average molecular weight is 330 g/mol. The van der Waals surface area contributed by atoms with E-state index in [4.69, 9.17) is 0 Å². The van der Waals surface area contributed by atoms with E-state index in [0.29, 0.717) is 6.54 Å². The van der Waals surface area contributed by atoms with Gasteiger partial charge in [0.2, 0.25) is 0 Å². The fourth-order valence-corrected chi connectivity index (χ4v) is 2.63. The normalized spacial score (nSPS) is 13.3. The predicted molar refractivity (Wildman–Crippen MR) is 93.7 cm³/mol. The highest BCUT2D eigenvalue weighted by molar-refractivity contribution is 5.73. The van der Waals surface area contributed by atoms with Gasteiger partial charge in [0.05, 0.1) is 6.10 Å². The predicted octanol–water partition coefficient (Wildman–Crippen LogP) is 2.17. The Morgan fingerprint density at radius 3 is 2.50 bits per heavy atom. The largest absolute Gasteiger partial charge is 0.387 e. The number of hydrogen-bond donors (Lipinski definition) is 3. The summed E-state index contributed by atoms with van der Waals surface area (Å²) in [5.41, 5.74) is 3.02. The molecular weight excluding hydrogens is 304 g/mol. The first-order valence-electron chi connectivity index (χ1n) is 8.19. The molecule has 24 heavy (non-hydrogen) atoms. The number of aromatic nitrogens is 2. The molecule has 0 saturated heterocycles. The zero-order chi connectivity index (χ0) is 17.5. The van der Waals surface area contributed by atoms with Gasteiger partial charge in [-0.3, -0.25) is 4.68 Å². The molecule has 0 radical (unpaired) electrons. The molecule has 2 aromatic rings. The number of rotatable bonds is 7. The van der Waals surface area contributed by atoms with E-state index in [1.165, 1.54) is 0 Å². The van der Waals surface area contributed by atoms with Gasteiger partial charge in [-0.1, -0.05) is 36.2 Å². The maximum absolute atomic E-state index is 11.9. The van der Waals surface area contributed by atoms with Gasteiger partial charge in [-0.25, -0.2) is 4.79 Å². The lowest BCUT2D eigenvalue weighted by Crippen LogP contribution is -2.40. The van der Waals surface area contributed by atoms with Crippen molar-refractivity contribution in [2.75, 3.05) is 13.1 Å². The molecule has 0 spiro atoms. The van der Waals surface area contributed by atoms with Crippen LogP contribution < -0.4 is 10.6 Å². The third-order valence-electron chi connectivity index (χ3n) is 3.75. The van der Waals surface area contributed by atoms with Gasteiger partial charge in [0.15, 0.2) is 0 Å². The Kier molecular flexibility index (Phi) is 6.37. The molecule has 1 heterocycles. The van der Waals surface area contributed by atoms with Crippen LogP contribution >= 0.6 is 0 Å². The van der Waals surface area contributed by atoms with Crippen molar-refractivity contribution >= 4 is 6.03 Å². The summed E-state index contributed by atoms with van der Waals surface area (Å²) in [6.07, 6.45) is 2.92. The number of urea groups is 1. The smallest absolute Gasteiger partial charge is 0.314 e. The molecule has 0 fully saturated rings. The second kappa shape index (κ2) is 8.49. The Bertz CT molecular complexity index is 635. The molecule has 2 atom stereocenters. The van der Waals surface area contributed by atoms with Crippen LogP contribution in [-0.4, -0.2) is 34.0 Å². The van der Waals surface area contributed by atoms with Crippen LogP contribution in [0.15, 0.2) is 36.7 Å². The number of hydrogen-bond acceptors (Lipinski definition) is 3. The number of aliphatic hydroxyl groups is 1. The van der Waals surface area contributed by atoms with Gasteiger partial charge in [-0.05, 0) is 31.4 Å². The number of carbonyl (C=O) groups is 1. The lowest BCUT2D eigenvalue weighted by atomic mass is 10.0. The van der Waals surface area contributed by atoms with Gasteiger partial charge < -0.3 is 15.7 Å². The SMILES string of the molecule is Cc1cc(C)cc(C(O)CNC(=O)NCC(C)Cn2cccn2)c1. The third-order valence-corrected chi connectivity index (χ3v) is 3.75. The van der Waals surface area contributed by atoms with E-state index < -0.39 is 6.10 Å². The first kappa shape index (κ1) is 18.0. The summed E-state index contributed by atoms with van der Waals surface area (Å²) in [5, 5.41) is 19.9. The Morgan fingerprint density at radius 2 is 1.88 bits per heavy atom. The van der Waals surface area contributed by atoms with Gasteiger partial charge in [-0.15, -0.1) is 0 Å². The number of nitrogens with zero attached hydrogens (tertiary/aromatic N) is 2. The van der Waals surface area contributed by atoms with E-state index in [2.05, 4.69) is 21.8 Å². The lowest BCUT2D eigenvalue weighted by molar-refractivity contribution is 0.172. The van der Waals surface area contributed by atoms with E-state index in [9.17, 15) is 9.90 Å². The second-order valence-electron chi connectivity index (χ2n) is 6.36. The summed E-state index contributed by atoms with van der Waals surface area (Å²) in [4.78, 5) is 11.9. The number of aliphatic hydroxyl groups excluding tert-OH is 1. The minimum absolute atomic E-state index is 0.183. The highest BCUT2D eigenvalue weighted by Gasteiger charge is 2.11. The second-order valence-corrected chi connectivity index (χ2v) is 6.36. The Labute approximate surface area is 142 Å². The minimum atomic E-state index is -0.712. The highest BCUT2D eigenvalue weighted by atomic mass is 16.3. The van der Waals surface area contributed by atoms with Crippen molar-refractivity contribution in [1.82, 2.24) is 20.4 Å². The number of amides is 2. The van der Waals surface area contributed by atoms with Crippen LogP contribution in [0.2, 0.25) is 0 Å². The molecule has 2 amide bonds. The summed E-state index contributed by atoms with van der Waals surface area (Å²) in [5.74, 6) is 0.264. The van der Waals surface area contributed by atoms with Crippen LogP contribution in [0, 0.1) is 19.8 Å². The summed E-state index contributed by atoms with van der Waals surface area (Å²) in [7, 11) is 0. The van der Waals surface area contributed by atoms with Crippen LogP contribution in [0.5, 0.6) is 0 Å². The molecule has 130 valence electrons. The Hall–Kier alpha value is -2.34. The molecule has 2 rings (SSSR count). The highest BCUT2D eigenvalue weighted by Crippen LogP contribution is 2.16. The van der Waals surface area contributed by atoms with Gasteiger partial charge in [0.25, 0.3) is 0 Å². The number of nitrogens with one attached hydrogen (secondary N) is 2. The first-order chi connectivity index (χ1) is 11.4. The number of carbonyl (C=O) groups excluding carboxylic acids is 1. The summed E-state index contributed by atoms with van der Waals surface area (Å²) in [6.45, 7) is 7.51. The molecule has 3 N–H and O–H groups in total. The van der Waals surface area contributed by atoms with E-state index in [0.717, 1.165) is 23.2 Å². The van der Waals surface area contributed by atoms with E-state index in [1.54, 1.807) is 6.20 Å². The van der Waals surface area contributed by atoms with Crippen molar-refractivity contribution in [1.29, 1.82) is 0 Å². The number of aryl methyl sites for hydroxylation is 2. The molecule has 0 saturated carbocycles.